The van der Waals surface area contributed by atoms with Gasteiger partial charge in [-0.2, -0.15) is 0 Å². The lowest BCUT2D eigenvalue weighted by atomic mass is 9.88. The van der Waals surface area contributed by atoms with Gasteiger partial charge in [0.25, 0.3) is 0 Å². The van der Waals surface area contributed by atoms with Crippen LogP contribution in [-0.2, 0) is 11.2 Å². The van der Waals surface area contributed by atoms with Gasteiger partial charge in [0.05, 0.1) is 23.3 Å². The summed E-state index contributed by atoms with van der Waals surface area (Å²) >= 11 is 9.38. The second-order valence-corrected chi connectivity index (χ2v) is 7.27. The van der Waals surface area contributed by atoms with E-state index in [0.29, 0.717) is 10.2 Å². The number of rotatable bonds is 4. The van der Waals surface area contributed by atoms with Crippen molar-refractivity contribution in [3.63, 3.8) is 0 Å². The largest absolute Gasteiger partial charge is 0.481 e. The van der Waals surface area contributed by atoms with Crippen molar-refractivity contribution in [3.8, 4) is 5.69 Å². The average Bonchev–Trinajstić information content (AvgIpc) is 2.93. The number of carboxylic acid groups (broad SMARTS) is 1. The third-order valence-corrected chi connectivity index (χ3v) is 5.29. The van der Waals surface area contributed by atoms with E-state index >= 15 is 0 Å². The van der Waals surface area contributed by atoms with Crippen molar-refractivity contribution in [3.05, 3.63) is 45.2 Å². The van der Waals surface area contributed by atoms with Crippen LogP contribution in [0.3, 0.4) is 0 Å². The standard InChI is InChI=1S/C17H17BrClFN2O2/c18-13-9-21-17(10-4-2-1-3-5-10)22(13)16-11(8-14(23)24)6-7-12(19)15(16)20/h6-7,9-10H,1-5,8H2,(H,23,24). The van der Waals surface area contributed by atoms with E-state index in [-0.39, 0.29) is 23.0 Å². The molecule has 1 aromatic carbocycles. The van der Waals surface area contributed by atoms with Gasteiger partial charge < -0.3 is 5.11 Å². The van der Waals surface area contributed by atoms with Gasteiger partial charge >= 0.3 is 5.97 Å². The maximum atomic E-state index is 14.8. The SMILES string of the molecule is O=C(O)Cc1ccc(Cl)c(F)c1-n1c(Br)cnc1C1CCCCC1. The highest BCUT2D eigenvalue weighted by Gasteiger charge is 2.26. The molecule has 7 heteroatoms. The summed E-state index contributed by atoms with van der Waals surface area (Å²) in [6, 6.07) is 2.95. The number of carboxylic acids is 1. The molecule has 1 aliphatic carbocycles. The maximum absolute atomic E-state index is 14.8. The average molecular weight is 416 g/mol. The number of carbonyl (C=O) groups is 1. The number of benzene rings is 1. The Hall–Kier alpha value is -1.40. The van der Waals surface area contributed by atoms with Crippen molar-refractivity contribution in [1.82, 2.24) is 9.55 Å². The van der Waals surface area contributed by atoms with E-state index in [4.69, 9.17) is 16.7 Å². The molecule has 0 radical (unpaired) electrons. The van der Waals surface area contributed by atoms with E-state index in [0.717, 1.165) is 31.5 Å². The minimum absolute atomic E-state index is 0.0330. The molecule has 1 aliphatic rings. The smallest absolute Gasteiger partial charge is 0.307 e. The van der Waals surface area contributed by atoms with Crippen LogP contribution < -0.4 is 0 Å². The van der Waals surface area contributed by atoms with Crippen LogP contribution in [0.2, 0.25) is 5.02 Å². The lowest BCUT2D eigenvalue weighted by Crippen LogP contribution is -2.15. The van der Waals surface area contributed by atoms with E-state index in [1.54, 1.807) is 16.8 Å². The Kier molecular flexibility index (Phi) is 5.25. The van der Waals surface area contributed by atoms with Gasteiger partial charge in [0.2, 0.25) is 0 Å². The minimum Gasteiger partial charge on any atom is -0.481 e. The predicted molar refractivity (Wildman–Crippen MR) is 93.4 cm³/mol. The molecule has 1 N–H and O–H groups in total. The maximum Gasteiger partial charge on any atom is 0.307 e. The molecule has 0 unspecified atom stereocenters. The van der Waals surface area contributed by atoms with Gasteiger partial charge in [-0.05, 0) is 40.4 Å². The Morgan fingerprint density at radius 2 is 2.08 bits per heavy atom. The zero-order chi connectivity index (χ0) is 17.3. The van der Waals surface area contributed by atoms with Crippen LogP contribution in [0.15, 0.2) is 22.9 Å². The molecule has 4 nitrogen and oxygen atoms in total. The normalized spacial score (nSPS) is 15.6. The minimum atomic E-state index is -1.02. The monoisotopic (exact) mass is 414 g/mol. The molecular weight excluding hydrogens is 399 g/mol. The van der Waals surface area contributed by atoms with Gasteiger partial charge in [-0.1, -0.05) is 36.9 Å². The van der Waals surface area contributed by atoms with E-state index in [2.05, 4.69) is 20.9 Å². The van der Waals surface area contributed by atoms with Crippen LogP contribution in [0.4, 0.5) is 4.39 Å². The summed E-state index contributed by atoms with van der Waals surface area (Å²) in [5.41, 5.74) is 0.551. The number of hydrogen-bond donors (Lipinski definition) is 1. The van der Waals surface area contributed by atoms with Gasteiger partial charge in [-0.25, -0.2) is 9.37 Å². The summed E-state index contributed by atoms with van der Waals surface area (Å²) in [4.78, 5) is 15.6. The predicted octanol–water partition coefficient (Wildman–Crippen LogP) is 5.10. The molecule has 0 aliphatic heterocycles. The summed E-state index contributed by atoms with van der Waals surface area (Å²) in [6.07, 6.45) is 6.80. The van der Waals surface area contributed by atoms with Gasteiger partial charge in [-0.15, -0.1) is 0 Å². The summed E-state index contributed by atoms with van der Waals surface area (Å²) in [6.45, 7) is 0. The van der Waals surface area contributed by atoms with Crippen molar-refractivity contribution in [2.24, 2.45) is 0 Å². The number of aliphatic carboxylic acids is 1. The van der Waals surface area contributed by atoms with Gasteiger partial charge in [0.1, 0.15) is 10.4 Å². The Balaban J connectivity index is 2.16. The van der Waals surface area contributed by atoms with Gasteiger partial charge in [0.15, 0.2) is 5.82 Å². The summed E-state index contributed by atoms with van der Waals surface area (Å²) in [5, 5.41) is 9.11. The van der Waals surface area contributed by atoms with Crippen LogP contribution in [-0.4, -0.2) is 20.6 Å². The number of imidazole rings is 1. The van der Waals surface area contributed by atoms with Crippen LogP contribution in [0.25, 0.3) is 5.69 Å². The number of hydrogen-bond acceptors (Lipinski definition) is 2. The second-order valence-electron chi connectivity index (χ2n) is 6.05. The molecule has 24 heavy (non-hydrogen) atoms. The Labute approximate surface area is 152 Å². The molecule has 128 valence electrons. The molecule has 2 aromatic rings. The lowest BCUT2D eigenvalue weighted by molar-refractivity contribution is -0.136. The molecular formula is C17H17BrClFN2O2. The fourth-order valence-electron chi connectivity index (χ4n) is 3.34. The highest BCUT2D eigenvalue weighted by Crippen LogP contribution is 2.37. The molecule has 0 atom stereocenters. The Morgan fingerprint density at radius 1 is 1.38 bits per heavy atom. The molecule has 1 heterocycles. The first-order chi connectivity index (χ1) is 11.5. The molecule has 1 aromatic heterocycles. The Bertz CT molecular complexity index is 772. The summed E-state index contributed by atoms with van der Waals surface area (Å²) in [5.74, 6) is -0.643. The first-order valence-corrected chi connectivity index (χ1v) is 9.08. The molecule has 1 fully saturated rings. The highest BCUT2D eigenvalue weighted by atomic mass is 79.9. The van der Waals surface area contributed by atoms with E-state index < -0.39 is 11.8 Å². The molecule has 0 saturated heterocycles. The Morgan fingerprint density at radius 3 is 2.75 bits per heavy atom. The topological polar surface area (TPSA) is 55.1 Å². The highest BCUT2D eigenvalue weighted by molar-refractivity contribution is 9.10. The van der Waals surface area contributed by atoms with Crippen molar-refractivity contribution >= 4 is 33.5 Å². The fraction of sp³-hybridized carbons (Fsp3) is 0.412. The number of nitrogens with zero attached hydrogens (tertiary/aromatic N) is 2. The molecule has 0 amide bonds. The van der Waals surface area contributed by atoms with Crippen LogP contribution in [0.1, 0.15) is 49.4 Å². The zero-order valence-electron chi connectivity index (χ0n) is 12.9. The first-order valence-electron chi connectivity index (χ1n) is 7.91. The molecule has 3 rings (SSSR count). The third kappa shape index (κ3) is 3.35. The van der Waals surface area contributed by atoms with Crippen LogP contribution >= 0.6 is 27.5 Å². The zero-order valence-corrected chi connectivity index (χ0v) is 15.3. The summed E-state index contributed by atoms with van der Waals surface area (Å²) < 4.78 is 17.1. The number of halogens is 3. The van der Waals surface area contributed by atoms with Gasteiger partial charge in [-0.3, -0.25) is 9.36 Å². The van der Waals surface area contributed by atoms with Crippen molar-refractivity contribution < 1.29 is 14.3 Å². The van der Waals surface area contributed by atoms with E-state index in [1.807, 2.05) is 0 Å². The quantitative estimate of drug-likeness (QED) is 0.755. The van der Waals surface area contributed by atoms with Crippen LogP contribution in [0.5, 0.6) is 0 Å². The van der Waals surface area contributed by atoms with Gasteiger partial charge in [0, 0.05) is 5.92 Å². The lowest BCUT2D eigenvalue weighted by Gasteiger charge is -2.23. The van der Waals surface area contributed by atoms with Crippen molar-refractivity contribution in [1.29, 1.82) is 0 Å². The van der Waals surface area contributed by atoms with E-state index in [1.165, 1.54) is 12.5 Å². The van der Waals surface area contributed by atoms with E-state index in [9.17, 15) is 9.18 Å². The first kappa shape index (κ1) is 17.4. The number of aromatic nitrogens is 2. The molecule has 0 spiro atoms. The van der Waals surface area contributed by atoms with Crippen LogP contribution in [0, 0.1) is 5.82 Å². The second kappa shape index (κ2) is 7.23. The van der Waals surface area contributed by atoms with Crippen molar-refractivity contribution in [2.75, 3.05) is 0 Å². The molecule has 0 bridgehead atoms. The molecule has 1 saturated carbocycles. The summed E-state index contributed by atoms with van der Waals surface area (Å²) in [7, 11) is 0. The third-order valence-electron chi connectivity index (χ3n) is 4.43. The van der Waals surface area contributed by atoms with Crippen molar-refractivity contribution in [2.45, 2.75) is 44.4 Å². The fourth-order valence-corrected chi connectivity index (χ4v) is 3.96.